The minimum atomic E-state index is -0.551. The summed E-state index contributed by atoms with van der Waals surface area (Å²) in [6, 6.07) is 1.59. The van der Waals surface area contributed by atoms with E-state index in [-0.39, 0.29) is 18.6 Å². The molecule has 4 N–H and O–H groups in total. The zero-order valence-corrected chi connectivity index (χ0v) is 11.3. The van der Waals surface area contributed by atoms with Gasteiger partial charge in [0.15, 0.2) is 0 Å². The molecule has 2 rings (SSSR count). The highest BCUT2D eigenvalue weighted by molar-refractivity contribution is 7.14. The Morgan fingerprint density at radius 3 is 3.05 bits per heavy atom. The number of nitrogens with two attached hydrogens (primary N) is 1. The highest BCUT2D eigenvalue weighted by Crippen LogP contribution is 2.22. The van der Waals surface area contributed by atoms with Gasteiger partial charge in [0.05, 0.1) is 18.2 Å². The van der Waals surface area contributed by atoms with Crippen molar-refractivity contribution < 1.29 is 14.7 Å². The fraction of sp³-hybridized carbons (Fsp3) is 0.500. The zero-order valence-electron chi connectivity index (χ0n) is 10.5. The highest BCUT2D eigenvalue weighted by atomic mass is 32.1. The molecule has 2 heterocycles. The molecular formula is C12H17N3O3S. The number of β-amino-alcohol motifs (C(OH)–C–C–N with tert-alkyl or cyclic N) is 1. The van der Waals surface area contributed by atoms with E-state index in [1.54, 1.807) is 11.4 Å². The third-order valence-electron chi connectivity index (χ3n) is 3.03. The Kier molecular flexibility index (Phi) is 4.52. The van der Waals surface area contributed by atoms with Gasteiger partial charge in [-0.25, -0.2) is 0 Å². The molecule has 19 heavy (non-hydrogen) atoms. The van der Waals surface area contributed by atoms with Gasteiger partial charge in [-0.15, -0.1) is 11.3 Å². The molecule has 1 unspecified atom stereocenters. The molecule has 1 aliphatic rings. The predicted octanol–water partition coefficient (Wildman–Crippen LogP) is 0.242. The number of hydrogen-bond acceptors (Lipinski definition) is 5. The Morgan fingerprint density at radius 2 is 2.37 bits per heavy atom. The first-order chi connectivity index (χ1) is 9.06. The van der Waals surface area contributed by atoms with Crippen molar-refractivity contribution >= 4 is 28.2 Å². The van der Waals surface area contributed by atoms with Crippen LogP contribution >= 0.6 is 11.3 Å². The third kappa shape index (κ3) is 3.76. The van der Waals surface area contributed by atoms with Crippen LogP contribution in [0.5, 0.6) is 0 Å². The normalized spacial score (nSPS) is 20.2. The first-order valence-corrected chi connectivity index (χ1v) is 7.02. The number of carbonyl (C=O) groups excluding carboxylic acids is 2. The molecule has 0 aromatic carbocycles. The Bertz CT molecular complexity index is 475. The van der Waals surface area contributed by atoms with E-state index in [1.807, 2.05) is 4.90 Å². The van der Waals surface area contributed by atoms with Crippen molar-refractivity contribution in [1.82, 2.24) is 4.90 Å². The van der Waals surface area contributed by atoms with Gasteiger partial charge in [-0.3, -0.25) is 14.5 Å². The van der Waals surface area contributed by atoms with Gasteiger partial charge in [0, 0.05) is 6.54 Å². The number of likely N-dealkylation sites (tertiary alicyclic amines) is 1. The van der Waals surface area contributed by atoms with Crippen molar-refractivity contribution in [3.05, 3.63) is 17.0 Å². The maximum Gasteiger partial charge on any atom is 0.251 e. The molecule has 104 valence electrons. The van der Waals surface area contributed by atoms with Gasteiger partial charge in [0.25, 0.3) is 5.91 Å². The van der Waals surface area contributed by atoms with Crippen LogP contribution in [0.15, 0.2) is 11.4 Å². The molecule has 2 amide bonds. The maximum absolute atomic E-state index is 11.9. The smallest absolute Gasteiger partial charge is 0.251 e. The Morgan fingerprint density at radius 1 is 1.58 bits per heavy atom. The van der Waals surface area contributed by atoms with Crippen LogP contribution < -0.4 is 11.1 Å². The summed E-state index contributed by atoms with van der Waals surface area (Å²) >= 11 is 1.27. The monoisotopic (exact) mass is 283 g/mol. The van der Waals surface area contributed by atoms with E-state index >= 15 is 0 Å². The maximum atomic E-state index is 11.9. The van der Waals surface area contributed by atoms with Crippen molar-refractivity contribution in [3.8, 4) is 0 Å². The van der Waals surface area contributed by atoms with E-state index in [4.69, 9.17) is 5.73 Å². The second kappa shape index (κ2) is 6.14. The summed E-state index contributed by atoms with van der Waals surface area (Å²) in [5.74, 6) is -0.746. The van der Waals surface area contributed by atoms with Crippen LogP contribution in [0.3, 0.4) is 0 Å². The fourth-order valence-electron chi connectivity index (χ4n) is 2.14. The number of rotatable bonds is 4. The molecule has 7 heteroatoms. The lowest BCUT2D eigenvalue weighted by atomic mass is 10.1. The summed E-state index contributed by atoms with van der Waals surface area (Å²) in [6.45, 7) is 1.53. The largest absolute Gasteiger partial charge is 0.392 e. The summed E-state index contributed by atoms with van der Waals surface area (Å²) < 4.78 is 0. The SMILES string of the molecule is NC(=O)c1ccsc1NC(=O)CN1CCCC(O)C1. The third-order valence-corrected chi connectivity index (χ3v) is 3.86. The van der Waals surface area contributed by atoms with Crippen LogP contribution in [0.1, 0.15) is 23.2 Å². The molecule has 1 aromatic heterocycles. The Balaban J connectivity index is 1.90. The lowest BCUT2D eigenvalue weighted by Gasteiger charge is -2.29. The first-order valence-electron chi connectivity index (χ1n) is 6.14. The van der Waals surface area contributed by atoms with Crippen LogP contribution in [-0.4, -0.2) is 47.6 Å². The van der Waals surface area contributed by atoms with Crippen LogP contribution in [0.2, 0.25) is 0 Å². The van der Waals surface area contributed by atoms with Crippen molar-refractivity contribution in [2.24, 2.45) is 5.73 Å². The van der Waals surface area contributed by atoms with E-state index in [1.165, 1.54) is 11.3 Å². The van der Waals surface area contributed by atoms with E-state index in [2.05, 4.69) is 5.32 Å². The second-order valence-corrected chi connectivity index (χ2v) is 5.52. The van der Waals surface area contributed by atoms with Gasteiger partial charge in [-0.2, -0.15) is 0 Å². The van der Waals surface area contributed by atoms with E-state index in [0.29, 0.717) is 17.1 Å². The van der Waals surface area contributed by atoms with Crippen molar-refractivity contribution in [2.75, 3.05) is 25.0 Å². The molecule has 0 spiro atoms. The van der Waals surface area contributed by atoms with Crippen LogP contribution in [0.25, 0.3) is 0 Å². The summed E-state index contributed by atoms with van der Waals surface area (Å²) in [4.78, 5) is 24.9. The number of hydrogen-bond donors (Lipinski definition) is 3. The van der Waals surface area contributed by atoms with Gasteiger partial charge < -0.3 is 16.2 Å². The summed E-state index contributed by atoms with van der Waals surface area (Å²) in [7, 11) is 0. The van der Waals surface area contributed by atoms with Gasteiger partial charge in [-0.05, 0) is 30.8 Å². The number of aliphatic hydroxyl groups is 1. The summed E-state index contributed by atoms with van der Waals surface area (Å²) in [5, 5.41) is 14.4. The summed E-state index contributed by atoms with van der Waals surface area (Å²) in [5.41, 5.74) is 5.54. The lowest BCUT2D eigenvalue weighted by molar-refractivity contribution is -0.117. The van der Waals surface area contributed by atoms with Gasteiger partial charge in [0.2, 0.25) is 5.91 Å². The number of carbonyl (C=O) groups is 2. The zero-order chi connectivity index (χ0) is 13.8. The first kappa shape index (κ1) is 14.0. The molecule has 6 nitrogen and oxygen atoms in total. The quantitative estimate of drug-likeness (QED) is 0.737. The molecule has 1 aliphatic heterocycles. The molecule has 0 radical (unpaired) electrons. The van der Waals surface area contributed by atoms with Crippen molar-refractivity contribution in [3.63, 3.8) is 0 Å². The van der Waals surface area contributed by atoms with Crippen LogP contribution in [0.4, 0.5) is 5.00 Å². The Hall–Kier alpha value is -1.44. The Labute approximate surface area is 115 Å². The number of nitrogens with zero attached hydrogens (tertiary/aromatic N) is 1. The number of primary amides is 1. The van der Waals surface area contributed by atoms with Gasteiger partial charge >= 0.3 is 0 Å². The highest BCUT2D eigenvalue weighted by Gasteiger charge is 2.20. The van der Waals surface area contributed by atoms with E-state index in [9.17, 15) is 14.7 Å². The number of thiophene rings is 1. The molecule has 1 aromatic rings. The fourth-order valence-corrected chi connectivity index (χ4v) is 2.95. The molecule has 0 bridgehead atoms. The topological polar surface area (TPSA) is 95.7 Å². The molecule has 0 saturated carbocycles. The molecule has 1 fully saturated rings. The number of nitrogens with one attached hydrogen (secondary N) is 1. The number of aliphatic hydroxyl groups excluding tert-OH is 1. The van der Waals surface area contributed by atoms with Gasteiger partial charge in [-0.1, -0.05) is 0 Å². The van der Waals surface area contributed by atoms with Crippen molar-refractivity contribution in [2.45, 2.75) is 18.9 Å². The standard InChI is InChI=1S/C12H17N3O3S/c13-11(18)9-3-5-19-12(9)14-10(17)7-15-4-1-2-8(16)6-15/h3,5,8,16H,1-2,4,6-7H2,(H2,13,18)(H,14,17). The van der Waals surface area contributed by atoms with Gasteiger partial charge in [0.1, 0.15) is 5.00 Å². The molecule has 0 aliphatic carbocycles. The minimum absolute atomic E-state index is 0.195. The van der Waals surface area contributed by atoms with E-state index < -0.39 is 5.91 Å². The van der Waals surface area contributed by atoms with E-state index in [0.717, 1.165) is 19.4 Å². The number of anilines is 1. The molecular weight excluding hydrogens is 266 g/mol. The predicted molar refractivity (Wildman–Crippen MR) is 73.1 cm³/mol. The minimum Gasteiger partial charge on any atom is -0.392 e. The number of piperidine rings is 1. The second-order valence-electron chi connectivity index (χ2n) is 4.61. The average molecular weight is 283 g/mol. The van der Waals surface area contributed by atoms with Crippen molar-refractivity contribution in [1.29, 1.82) is 0 Å². The average Bonchev–Trinajstić information content (AvgIpc) is 2.76. The molecule has 1 atom stereocenters. The summed E-state index contributed by atoms with van der Waals surface area (Å²) in [6.07, 6.45) is 1.32. The lowest BCUT2D eigenvalue weighted by Crippen LogP contribution is -2.42. The van der Waals surface area contributed by atoms with Crippen LogP contribution in [-0.2, 0) is 4.79 Å². The molecule has 1 saturated heterocycles. The number of amides is 2. The van der Waals surface area contributed by atoms with Crippen LogP contribution in [0, 0.1) is 0 Å².